The highest BCUT2D eigenvalue weighted by Crippen LogP contribution is 2.33. The second-order valence-corrected chi connectivity index (χ2v) is 3.76. The smallest absolute Gasteiger partial charge is 0.179 e. The van der Waals surface area contributed by atoms with E-state index in [0.717, 1.165) is 23.2 Å². The van der Waals surface area contributed by atoms with Gasteiger partial charge in [0, 0.05) is 24.2 Å². The molecule has 0 aliphatic heterocycles. The standard InChI is InChI=1S/C10H9Br2NO2/c1-2-13-4-3-7-5-8(14-11)6-9(15-12)10(7)13/h3-6H,2H2,1H3. The quantitative estimate of drug-likeness (QED) is 0.845. The Morgan fingerprint density at radius 2 is 2.07 bits per heavy atom. The van der Waals surface area contributed by atoms with Crippen LogP contribution >= 0.6 is 32.5 Å². The third kappa shape index (κ3) is 1.86. The van der Waals surface area contributed by atoms with Crippen molar-refractivity contribution in [3.8, 4) is 11.5 Å². The third-order valence-electron chi connectivity index (χ3n) is 2.31. The second-order valence-electron chi connectivity index (χ2n) is 3.12. The summed E-state index contributed by atoms with van der Waals surface area (Å²) in [4.78, 5) is 0. The lowest BCUT2D eigenvalue weighted by atomic mass is 10.2. The van der Waals surface area contributed by atoms with Gasteiger partial charge >= 0.3 is 0 Å². The van der Waals surface area contributed by atoms with Crippen LogP contribution in [0.3, 0.4) is 0 Å². The molecule has 0 aliphatic rings. The largest absolute Gasteiger partial charge is 0.418 e. The number of hydrogen-bond donors (Lipinski definition) is 0. The van der Waals surface area contributed by atoms with Gasteiger partial charge in [0.05, 0.1) is 5.52 Å². The van der Waals surface area contributed by atoms with Gasteiger partial charge < -0.3 is 12.2 Å². The molecule has 2 aromatic rings. The van der Waals surface area contributed by atoms with Crippen molar-refractivity contribution in [1.29, 1.82) is 0 Å². The molecule has 1 aromatic heterocycles. The summed E-state index contributed by atoms with van der Waals surface area (Å²) < 4.78 is 12.3. The van der Waals surface area contributed by atoms with Crippen molar-refractivity contribution in [3.63, 3.8) is 0 Å². The Bertz CT molecular complexity index is 481. The first-order valence-corrected chi connectivity index (χ1v) is 5.79. The molecule has 3 nitrogen and oxygen atoms in total. The van der Waals surface area contributed by atoms with Crippen LogP contribution in [0.5, 0.6) is 11.5 Å². The Balaban J connectivity index is 2.72. The molecule has 5 heteroatoms. The van der Waals surface area contributed by atoms with E-state index in [2.05, 4.69) is 44.0 Å². The van der Waals surface area contributed by atoms with Gasteiger partial charge in [0.25, 0.3) is 0 Å². The molecule has 0 bridgehead atoms. The van der Waals surface area contributed by atoms with E-state index in [1.165, 1.54) is 0 Å². The van der Waals surface area contributed by atoms with Crippen molar-refractivity contribution >= 4 is 43.4 Å². The van der Waals surface area contributed by atoms with Crippen LogP contribution in [0.4, 0.5) is 0 Å². The van der Waals surface area contributed by atoms with Gasteiger partial charge in [0.15, 0.2) is 38.3 Å². The molecular weight excluding hydrogens is 326 g/mol. The van der Waals surface area contributed by atoms with Crippen LogP contribution in [0.2, 0.25) is 0 Å². The average molecular weight is 335 g/mol. The summed E-state index contributed by atoms with van der Waals surface area (Å²) in [5, 5.41) is 1.09. The molecule has 0 saturated heterocycles. The highest BCUT2D eigenvalue weighted by Gasteiger charge is 2.09. The monoisotopic (exact) mass is 333 g/mol. The van der Waals surface area contributed by atoms with Crippen LogP contribution in [0.25, 0.3) is 10.9 Å². The Labute approximate surface area is 105 Å². The predicted molar refractivity (Wildman–Crippen MR) is 66.7 cm³/mol. The molecule has 0 amide bonds. The molecule has 0 fully saturated rings. The summed E-state index contributed by atoms with van der Waals surface area (Å²) >= 11 is 5.96. The van der Waals surface area contributed by atoms with Crippen molar-refractivity contribution in [2.24, 2.45) is 0 Å². The van der Waals surface area contributed by atoms with Crippen molar-refractivity contribution in [3.05, 3.63) is 24.4 Å². The molecule has 0 atom stereocenters. The molecule has 15 heavy (non-hydrogen) atoms. The number of aryl methyl sites for hydroxylation is 1. The van der Waals surface area contributed by atoms with Gasteiger partial charge in [-0.3, -0.25) is 0 Å². The number of rotatable bonds is 3. The van der Waals surface area contributed by atoms with Crippen LogP contribution in [-0.2, 0) is 6.54 Å². The second kappa shape index (κ2) is 4.45. The number of aromatic nitrogens is 1. The van der Waals surface area contributed by atoms with Gasteiger partial charge in [0.1, 0.15) is 5.75 Å². The number of halogens is 2. The van der Waals surface area contributed by atoms with E-state index in [1.807, 2.05) is 24.4 Å². The summed E-state index contributed by atoms with van der Waals surface area (Å²) in [7, 11) is 0. The third-order valence-corrected chi connectivity index (χ3v) is 3.03. The van der Waals surface area contributed by atoms with Crippen LogP contribution < -0.4 is 7.66 Å². The molecule has 0 unspecified atom stereocenters. The first kappa shape index (κ1) is 10.8. The van der Waals surface area contributed by atoms with Crippen molar-refractivity contribution < 1.29 is 7.66 Å². The van der Waals surface area contributed by atoms with E-state index >= 15 is 0 Å². The molecule has 0 spiro atoms. The molecule has 1 heterocycles. The first-order chi connectivity index (χ1) is 7.30. The fourth-order valence-electron chi connectivity index (χ4n) is 1.65. The van der Waals surface area contributed by atoms with Crippen LogP contribution in [0.15, 0.2) is 24.4 Å². The zero-order valence-electron chi connectivity index (χ0n) is 8.04. The minimum Gasteiger partial charge on any atom is -0.418 e. The fourth-order valence-corrected chi connectivity index (χ4v) is 2.08. The van der Waals surface area contributed by atoms with Gasteiger partial charge in [-0.15, -0.1) is 0 Å². The molecule has 0 saturated carbocycles. The van der Waals surface area contributed by atoms with Crippen molar-refractivity contribution in [2.75, 3.05) is 0 Å². The van der Waals surface area contributed by atoms with Gasteiger partial charge in [-0.25, -0.2) is 0 Å². The average Bonchev–Trinajstić information content (AvgIpc) is 2.70. The van der Waals surface area contributed by atoms with E-state index in [4.69, 9.17) is 7.66 Å². The van der Waals surface area contributed by atoms with Crippen LogP contribution in [0, 0.1) is 0 Å². The highest BCUT2D eigenvalue weighted by molar-refractivity contribution is 9.06. The van der Waals surface area contributed by atoms with Crippen molar-refractivity contribution in [1.82, 2.24) is 4.57 Å². The SMILES string of the molecule is CCn1ccc2cc(OBr)cc(OBr)c21. The lowest BCUT2D eigenvalue weighted by Gasteiger charge is -2.06. The summed E-state index contributed by atoms with van der Waals surface area (Å²) in [5.74, 6) is 1.46. The zero-order valence-corrected chi connectivity index (χ0v) is 11.2. The van der Waals surface area contributed by atoms with E-state index < -0.39 is 0 Å². The molecule has 0 aliphatic carbocycles. The molecule has 0 N–H and O–H groups in total. The number of nitrogens with zero attached hydrogens (tertiary/aromatic N) is 1. The maximum absolute atomic E-state index is 5.16. The predicted octanol–water partition coefficient (Wildman–Crippen LogP) is 4.04. The summed E-state index contributed by atoms with van der Waals surface area (Å²) in [6.45, 7) is 2.99. The zero-order chi connectivity index (χ0) is 10.8. The Kier molecular flexibility index (Phi) is 3.21. The van der Waals surface area contributed by atoms with Crippen LogP contribution in [-0.4, -0.2) is 4.57 Å². The first-order valence-electron chi connectivity index (χ1n) is 4.50. The van der Waals surface area contributed by atoms with E-state index in [-0.39, 0.29) is 0 Å². The molecule has 0 radical (unpaired) electrons. The lowest BCUT2D eigenvalue weighted by Crippen LogP contribution is -1.92. The lowest BCUT2D eigenvalue weighted by molar-refractivity contribution is 0.648. The van der Waals surface area contributed by atoms with Gasteiger partial charge in [0.2, 0.25) is 0 Å². The van der Waals surface area contributed by atoms with Crippen molar-refractivity contribution in [2.45, 2.75) is 13.5 Å². The fraction of sp³-hybridized carbons (Fsp3) is 0.200. The van der Waals surface area contributed by atoms with E-state index in [9.17, 15) is 0 Å². The normalized spacial score (nSPS) is 10.6. The summed E-state index contributed by atoms with van der Waals surface area (Å²) in [6.07, 6.45) is 2.03. The highest BCUT2D eigenvalue weighted by atomic mass is 79.9. The molecular formula is C10H9Br2NO2. The topological polar surface area (TPSA) is 23.4 Å². The minimum atomic E-state index is 0.714. The maximum atomic E-state index is 5.16. The van der Waals surface area contributed by atoms with Gasteiger partial charge in [-0.1, -0.05) is 0 Å². The maximum Gasteiger partial charge on any atom is 0.179 e. The molecule has 80 valence electrons. The number of benzene rings is 1. The Morgan fingerprint density at radius 1 is 1.27 bits per heavy atom. The van der Waals surface area contributed by atoms with Crippen LogP contribution in [0.1, 0.15) is 6.92 Å². The Morgan fingerprint density at radius 3 is 2.67 bits per heavy atom. The number of fused-ring (bicyclic) bond motifs is 1. The molecule has 2 rings (SSSR count). The minimum absolute atomic E-state index is 0.714. The molecule has 1 aromatic carbocycles. The number of hydrogen-bond acceptors (Lipinski definition) is 2. The Hall–Kier alpha value is -0.680. The van der Waals surface area contributed by atoms with E-state index in [0.29, 0.717) is 5.75 Å². The summed E-state index contributed by atoms with van der Waals surface area (Å²) in [6, 6.07) is 5.80. The van der Waals surface area contributed by atoms with E-state index in [1.54, 1.807) is 0 Å². The van der Waals surface area contributed by atoms with Gasteiger partial charge in [-0.2, -0.15) is 0 Å². The van der Waals surface area contributed by atoms with Gasteiger partial charge in [-0.05, 0) is 19.1 Å². The summed E-state index contributed by atoms with van der Waals surface area (Å²) in [5.41, 5.74) is 1.06.